The molecule has 2 amide bonds. The third-order valence-corrected chi connectivity index (χ3v) is 2.35. The molecule has 8 nitrogen and oxygen atoms in total. The van der Waals surface area contributed by atoms with Gasteiger partial charge in [0.2, 0.25) is 11.8 Å². The van der Waals surface area contributed by atoms with Crippen molar-refractivity contribution in [1.29, 1.82) is 0 Å². The van der Waals surface area contributed by atoms with Crippen LogP contribution < -0.4 is 5.32 Å². The van der Waals surface area contributed by atoms with Crippen molar-refractivity contribution >= 4 is 18.1 Å². The van der Waals surface area contributed by atoms with Crippen molar-refractivity contribution in [2.24, 2.45) is 0 Å². The zero-order chi connectivity index (χ0) is 14.3. The van der Waals surface area contributed by atoms with Gasteiger partial charge in [-0.05, 0) is 6.42 Å². The molecular weight excluding hydrogens is 250 g/mol. The van der Waals surface area contributed by atoms with Gasteiger partial charge in [0.25, 0.3) is 0 Å². The molecule has 1 rings (SSSR count). The molecule has 19 heavy (non-hydrogen) atoms. The first-order valence-electron chi connectivity index (χ1n) is 5.92. The van der Waals surface area contributed by atoms with E-state index in [1.807, 2.05) is 6.92 Å². The molecular formula is C11H17N5O3. The summed E-state index contributed by atoms with van der Waals surface area (Å²) in [7, 11) is 1.53. The number of nitrogens with one attached hydrogen (secondary N) is 1. The molecule has 0 bridgehead atoms. The summed E-state index contributed by atoms with van der Waals surface area (Å²) in [5.74, 6) is -0.487. The van der Waals surface area contributed by atoms with Crippen LogP contribution in [0.5, 0.6) is 0 Å². The largest absolute Gasteiger partial charge is 0.355 e. The summed E-state index contributed by atoms with van der Waals surface area (Å²) in [6.45, 7) is 2.48. The molecule has 1 N–H and O–H groups in total. The molecule has 0 saturated heterocycles. The van der Waals surface area contributed by atoms with Gasteiger partial charge in [-0.2, -0.15) is 0 Å². The maximum Gasteiger partial charge on any atom is 0.244 e. The van der Waals surface area contributed by atoms with Gasteiger partial charge in [-0.3, -0.25) is 14.4 Å². The fourth-order valence-corrected chi connectivity index (χ4v) is 1.33. The zero-order valence-corrected chi connectivity index (χ0v) is 11.0. The molecule has 0 saturated carbocycles. The molecule has 0 unspecified atom stereocenters. The molecule has 1 heterocycles. The van der Waals surface area contributed by atoms with Crippen LogP contribution in [0.2, 0.25) is 0 Å². The Bertz CT molecular complexity index is 457. The number of aldehydes is 1. The van der Waals surface area contributed by atoms with E-state index in [0.29, 0.717) is 12.8 Å². The highest BCUT2D eigenvalue weighted by molar-refractivity contribution is 5.84. The quantitative estimate of drug-likeness (QED) is 0.644. The number of amides is 2. The smallest absolute Gasteiger partial charge is 0.244 e. The Kier molecular flexibility index (Phi) is 5.65. The second kappa shape index (κ2) is 7.24. The first-order chi connectivity index (χ1) is 9.06. The second-order valence-corrected chi connectivity index (χ2v) is 4.06. The van der Waals surface area contributed by atoms with Crippen molar-refractivity contribution in [3.63, 3.8) is 0 Å². The minimum absolute atomic E-state index is 0.00588. The first-order valence-corrected chi connectivity index (χ1v) is 5.92. The molecule has 0 spiro atoms. The molecule has 0 aliphatic rings. The Labute approximate surface area is 110 Å². The summed E-state index contributed by atoms with van der Waals surface area (Å²) in [5.41, 5.74) is 0.163. The van der Waals surface area contributed by atoms with Crippen molar-refractivity contribution in [2.45, 2.75) is 19.9 Å². The Morgan fingerprint density at radius 1 is 1.53 bits per heavy atom. The summed E-state index contributed by atoms with van der Waals surface area (Å²) in [6.07, 6.45) is 2.77. The number of hydrogen-bond donors (Lipinski definition) is 1. The highest BCUT2D eigenvalue weighted by Crippen LogP contribution is 1.93. The van der Waals surface area contributed by atoms with E-state index in [9.17, 15) is 14.4 Å². The molecule has 1 aromatic rings. The van der Waals surface area contributed by atoms with E-state index in [1.54, 1.807) is 0 Å². The van der Waals surface area contributed by atoms with E-state index >= 15 is 0 Å². The van der Waals surface area contributed by atoms with Crippen molar-refractivity contribution < 1.29 is 14.4 Å². The van der Waals surface area contributed by atoms with Crippen LogP contribution in [0.25, 0.3) is 0 Å². The number of likely N-dealkylation sites (N-methyl/N-ethyl adjacent to an activating group) is 1. The summed E-state index contributed by atoms with van der Waals surface area (Å²) in [4.78, 5) is 34.9. The SMILES string of the molecule is CCCNC(=O)CN(C)C(=O)Cn1cc(C=O)nn1. The Morgan fingerprint density at radius 3 is 2.84 bits per heavy atom. The highest BCUT2D eigenvalue weighted by Gasteiger charge is 2.13. The predicted octanol–water partition coefficient (Wildman–Crippen LogP) is -0.925. The van der Waals surface area contributed by atoms with Gasteiger partial charge in [-0.25, -0.2) is 4.68 Å². The van der Waals surface area contributed by atoms with Gasteiger partial charge >= 0.3 is 0 Å². The van der Waals surface area contributed by atoms with Gasteiger partial charge in [0, 0.05) is 13.6 Å². The van der Waals surface area contributed by atoms with Gasteiger partial charge in [0.05, 0.1) is 12.7 Å². The van der Waals surface area contributed by atoms with E-state index in [-0.39, 0.29) is 30.6 Å². The predicted molar refractivity (Wildman–Crippen MR) is 66.3 cm³/mol. The Balaban J connectivity index is 2.43. The Hall–Kier alpha value is -2.25. The third-order valence-electron chi connectivity index (χ3n) is 2.35. The van der Waals surface area contributed by atoms with Crippen LogP contribution in [0.3, 0.4) is 0 Å². The lowest BCUT2D eigenvalue weighted by molar-refractivity contribution is -0.135. The molecule has 0 aliphatic heterocycles. The van der Waals surface area contributed by atoms with Crippen LogP contribution in [0.1, 0.15) is 23.8 Å². The van der Waals surface area contributed by atoms with Gasteiger partial charge in [-0.1, -0.05) is 12.1 Å². The summed E-state index contributed by atoms with van der Waals surface area (Å²) in [5, 5.41) is 9.85. The first kappa shape index (κ1) is 14.8. The van der Waals surface area contributed by atoms with E-state index in [2.05, 4.69) is 15.6 Å². The van der Waals surface area contributed by atoms with Gasteiger partial charge in [0.1, 0.15) is 12.2 Å². The van der Waals surface area contributed by atoms with Crippen LogP contribution in [0, 0.1) is 0 Å². The summed E-state index contributed by atoms with van der Waals surface area (Å²) in [6, 6.07) is 0. The number of hydrogen-bond acceptors (Lipinski definition) is 5. The third kappa shape index (κ3) is 4.86. The normalized spacial score (nSPS) is 10.0. The van der Waals surface area contributed by atoms with Crippen LogP contribution in [-0.2, 0) is 16.1 Å². The average molecular weight is 267 g/mol. The lowest BCUT2D eigenvalue weighted by atomic mass is 10.4. The van der Waals surface area contributed by atoms with E-state index < -0.39 is 0 Å². The fraction of sp³-hybridized carbons (Fsp3) is 0.545. The topological polar surface area (TPSA) is 97.2 Å². The van der Waals surface area contributed by atoms with E-state index in [0.717, 1.165) is 6.42 Å². The van der Waals surface area contributed by atoms with E-state index in [1.165, 1.54) is 22.8 Å². The Morgan fingerprint density at radius 2 is 2.26 bits per heavy atom. The minimum Gasteiger partial charge on any atom is -0.355 e. The molecule has 0 aliphatic carbocycles. The molecule has 0 fully saturated rings. The van der Waals surface area contributed by atoms with Crippen molar-refractivity contribution in [3.05, 3.63) is 11.9 Å². The number of carbonyl (C=O) groups excluding carboxylic acids is 3. The van der Waals surface area contributed by atoms with Crippen molar-refractivity contribution in [3.8, 4) is 0 Å². The second-order valence-electron chi connectivity index (χ2n) is 4.06. The number of carbonyl (C=O) groups is 3. The minimum atomic E-state index is -0.283. The maximum absolute atomic E-state index is 11.8. The maximum atomic E-state index is 11.8. The number of aromatic nitrogens is 3. The number of rotatable bonds is 7. The van der Waals surface area contributed by atoms with E-state index in [4.69, 9.17) is 0 Å². The van der Waals surface area contributed by atoms with Gasteiger partial charge in [0.15, 0.2) is 6.29 Å². The van der Waals surface area contributed by atoms with Crippen LogP contribution in [0.4, 0.5) is 0 Å². The highest BCUT2D eigenvalue weighted by atomic mass is 16.2. The fourth-order valence-electron chi connectivity index (χ4n) is 1.33. The molecule has 0 aromatic carbocycles. The average Bonchev–Trinajstić information content (AvgIpc) is 2.83. The lowest BCUT2D eigenvalue weighted by Crippen LogP contribution is -2.40. The monoisotopic (exact) mass is 267 g/mol. The standard InChI is InChI=1S/C11H17N5O3/c1-3-4-12-10(18)6-15(2)11(19)7-16-5-9(8-17)13-14-16/h5,8H,3-4,6-7H2,1-2H3,(H,12,18). The van der Waals surface area contributed by atoms with Crippen LogP contribution in [0.15, 0.2) is 6.20 Å². The molecule has 0 atom stereocenters. The van der Waals surface area contributed by atoms with Gasteiger partial charge < -0.3 is 10.2 Å². The zero-order valence-electron chi connectivity index (χ0n) is 11.0. The number of nitrogens with zero attached hydrogens (tertiary/aromatic N) is 4. The van der Waals surface area contributed by atoms with Gasteiger partial charge in [-0.15, -0.1) is 5.10 Å². The lowest BCUT2D eigenvalue weighted by Gasteiger charge is -2.16. The molecule has 104 valence electrons. The van der Waals surface area contributed by atoms with Crippen LogP contribution >= 0.6 is 0 Å². The molecule has 8 heteroatoms. The van der Waals surface area contributed by atoms with Crippen molar-refractivity contribution in [2.75, 3.05) is 20.1 Å². The molecule has 1 aromatic heterocycles. The summed E-state index contributed by atoms with van der Waals surface area (Å²) < 4.78 is 1.26. The summed E-state index contributed by atoms with van der Waals surface area (Å²) >= 11 is 0. The van der Waals surface area contributed by atoms with Crippen LogP contribution in [-0.4, -0.2) is 58.1 Å². The molecule has 0 radical (unpaired) electrons. The van der Waals surface area contributed by atoms with Crippen molar-refractivity contribution in [1.82, 2.24) is 25.2 Å².